The van der Waals surface area contributed by atoms with E-state index < -0.39 is 5.56 Å². The number of hydrogen-bond acceptors (Lipinski definition) is 5. The minimum atomic E-state index is -0.509. The molecule has 1 aromatic heterocycles. The van der Waals surface area contributed by atoms with Crippen LogP contribution in [0, 0.1) is 25.2 Å². The van der Waals surface area contributed by atoms with Crippen LogP contribution in [0.25, 0.3) is 11.3 Å². The van der Waals surface area contributed by atoms with Crippen LogP contribution in [-0.2, 0) is 0 Å². The van der Waals surface area contributed by atoms with Crippen LogP contribution in [0.1, 0.15) is 22.3 Å². The van der Waals surface area contributed by atoms with Gasteiger partial charge in [0.1, 0.15) is 11.6 Å². The highest BCUT2D eigenvalue weighted by Crippen LogP contribution is 2.19. The predicted octanol–water partition coefficient (Wildman–Crippen LogP) is 3.37. The third-order valence-electron chi connectivity index (χ3n) is 3.71. The van der Waals surface area contributed by atoms with Crippen LogP contribution < -0.4 is 11.0 Å². The number of benzene rings is 2. The number of H-pyrrole nitrogens is 1. The molecular weight excluding hydrogens is 326 g/mol. The lowest BCUT2D eigenvalue weighted by Gasteiger charge is -2.06. The molecule has 2 aromatic carbocycles. The summed E-state index contributed by atoms with van der Waals surface area (Å²) in [7, 11) is 0. The summed E-state index contributed by atoms with van der Waals surface area (Å²) in [5.74, 6) is 0.175. The Labute approximate surface area is 150 Å². The minimum Gasteiger partial charge on any atom is -0.290 e. The summed E-state index contributed by atoms with van der Waals surface area (Å²) >= 11 is 0. The number of nitriles is 1. The molecule has 0 amide bonds. The van der Waals surface area contributed by atoms with Gasteiger partial charge in [-0.05, 0) is 19.4 Å². The standard InChI is InChI=1S/C20H17N5O/c1-13-8-14(2)10-15(9-13)12-22-25-20-23-18(16-6-4-3-5-7-16)17(11-21)19(26)24-20/h3-10,12H,1-2H3,(H2,23,24,25,26). The number of nitrogens with one attached hydrogen (secondary N) is 2. The first-order valence-electron chi connectivity index (χ1n) is 8.04. The average molecular weight is 343 g/mol. The average Bonchev–Trinajstić information content (AvgIpc) is 2.61. The number of hydrogen-bond donors (Lipinski definition) is 2. The maximum atomic E-state index is 12.2. The Kier molecular flexibility index (Phi) is 4.90. The largest absolute Gasteiger partial charge is 0.290 e. The molecule has 0 aliphatic rings. The fourth-order valence-corrected chi connectivity index (χ4v) is 2.69. The summed E-state index contributed by atoms with van der Waals surface area (Å²) in [6.45, 7) is 4.03. The quantitative estimate of drug-likeness (QED) is 0.561. The molecule has 0 saturated heterocycles. The van der Waals surface area contributed by atoms with Gasteiger partial charge in [0.05, 0.1) is 11.9 Å². The summed E-state index contributed by atoms with van der Waals surface area (Å²) in [5, 5.41) is 13.4. The molecule has 0 spiro atoms. The first-order chi connectivity index (χ1) is 12.6. The van der Waals surface area contributed by atoms with Crippen molar-refractivity contribution in [1.82, 2.24) is 9.97 Å². The van der Waals surface area contributed by atoms with E-state index in [1.807, 2.05) is 50.2 Å². The summed E-state index contributed by atoms with van der Waals surface area (Å²) in [6.07, 6.45) is 1.65. The van der Waals surface area contributed by atoms with E-state index in [9.17, 15) is 10.1 Å². The molecule has 128 valence electrons. The van der Waals surface area contributed by atoms with E-state index in [4.69, 9.17) is 0 Å². The zero-order chi connectivity index (χ0) is 18.5. The first kappa shape index (κ1) is 17.1. The Morgan fingerprint density at radius 3 is 2.50 bits per heavy atom. The molecular formula is C20H17N5O. The molecule has 1 heterocycles. The Hall–Kier alpha value is -3.72. The maximum absolute atomic E-state index is 12.2. The number of aromatic nitrogens is 2. The van der Waals surface area contributed by atoms with E-state index >= 15 is 0 Å². The molecule has 3 rings (SSSR count). The van der Waals surface area contributed by atoms with Crippen LogP contribution >= 0.6 is 0 Å². The van der Waals surface area contributed by atoms with E-state index in [0.29, 0.717) is 11.3 Å². The maximum Gasteiger partial charge on any atom is 0.270 e. The summed E-state index contributed by atoms with van der Waals surface area (Å²) in [5.41, 5.74) is 6.42. The molecule has 0 atom stereocenters. The van der Waals surface area contributed by atoms with Gasteiger partial charge in [-0.25, -0.2) is 10.4 Å². The SMILES string of the molecule is Cc1cc(C)cc(C=NNc2nc(-c3ccccc3)c(C#N)c(=O)[nH]2)c1. The number of aromatic amines is 1. The lowest BCUT2D eigenvalue weighted by molar-refractivity contribution is 1.08. The van der Waals surface area contributed by atoms with Crippen molar-refractivity contribution in [1.29, 1.82) is 5.26 Å². The van der Waals surface area contributed by atoms with Crippen molar-refractivity contribution in [3.8, 4) is 17.3 Å². The molecule has 6 heteroatoms. The summed E-state index contributed by atoms with van der Waals surface area (Å²) < 4.78 is 0. The highest BCUT2D eigenvalue weighted by atomic mass is 16.1. The van der Waals surface area contributed by atoms with Gasteiger partial charge in [0.15, 0.2) is 0 Å². The van der Waals surface area contributed by atoms with Gasteiger partial charge in [0.2, 0.25) is 5.95 Å². The normalized spacial score (nSPS) is 10.7. The van der Waals surface area contributed by atoms with Crippen molar-refractivity contribution in [2.75, 3.05) is 5.43 Å². The number of anilines is 1. The highest BCUT2D eigenvalue weighted by Gasteiger charge is 2.12. The molecule has 0 bridgehead atoms. The van der Waals surface area contributed by atoms with Crippen molar-refractivity contribution < 1.29 is 0 Å². The molecule has 0 unspecified atom stereocenters. The third kappa shape index (κ3) is 3.84. The second kappa shape index (κ2) is 7.45. The molecule has 6 nitrogen and oxygen atoms in total. The van der Waals surface area contributed by atoms with Gasteiger partial charge in [-0.2, -0.15) is 10.4 Å². The van der Waals surface area contributed by atoms with Crippen LogP contribution in [0.3, 0.4) is 0 Å². The molecule has 3 aromatic rings. The molecule has 0 aliphatic heterocycles. The van der Waals surface area contributed by atoms with Gasteiger partial charge in [-0.3, -0.25) is 9.78 Å². The first-order valence-corrected chi connectivity index (χ1v) is 8.04. The van der Waals surface area contributed by atoms with E-state index in [2.05, 4.69) is 26.6 Å². The lowest BCUT2D eigenvalue weighted by atomic mass is 10.1. The molecule has 0 radical (unpaired) electrons. The summed E-state index contributed by atoms with van der Waals surface area (Å²) in [4.78, 5) is 19.0. The number of rotatable bonds is 4. The Morgan fingerprint density at radius 2 is 1.85 bits per heavy atom. The molecule has 0 fully saturated rings. The summed E-state index contributed by atoms with van der Waals surface area (Å²) in [6, 6.07) is 17.1. The second-order valence-electron chi connectivity index (χ2n) is 5.91. The van der Waals surface area contributed by atoms with E-state index in [0.717, 1.165) is 16.7 Å². The van der Waals surface area contributed by atoms with Crippen molar-refractivity contribution in [3.05, 3.63) is 81.1 Å². The Bertz CT molecular complexity index is 1040. The van der Waals surface area contributed by atoms with E-state index in [1.54, 1.807) is 18.3 Å². The van der Waals surface area contributed by atoms with Crippen LogP contribution in [0.4, 0.5) is 5.95 Å². The molecule has 26 heavy (non-hydrogen) atoms. The lowest BCUT2D eigenvalue weighted by Crippen LogP contribution is -2.16. The van der Waals surface area contributed by atoms with Crippen LogP contribution in [-0.4, -0.2) is 16.2 Å². The smallest absolute Gasteiger partial charge is 0.270 e. The van der Waals surface area contributed by atoms with Gasteiger partial charge in [-0.15, -0.1) is 0 Å². The fourth-order valence-electron chi connectivity index (χ4n) is 2.69. The van der Waals surface area contributed by atoms with Crippen molar-refractivity contribution in [3.63, 3.8) is 0 Å². The van der Waals surface area contributed by atoms with E-state index in [1.165, 1.54) is 0 Å². The Morgan fingerprint density at radius 1 is 1.15 bits per heavy atom. The predicted molar refractivity (Wildman–Crippen MR) is 102 cm³/mol. The van der Waals surface area contributed by atoms with Crippen molar-refractivity contribution in [2.45, 2.75) is 13.8 Å². The number of nitrogens with zero attached hydrogens (tertiary/aromatic N) is 3. The Balaban J connectivity index is 1.92. The van der Waals surface area contributed by atoms with Gasteiger partial charge in [-0.1, -0.05) is 59.7 Å². The molecule has 2 N–H and O–H groups in total. The molecule has 0 aliphatic carbocycles. The van der Waals surface area contributed by atoms with E-state index in [-0.39, 0.29) is 11.5 Å². The molecule has 0 saturated carbocycles. The highest BCUT2D eigenvalue weighted by molar-refractivity contribution is 5.80. The second-order valence-corrected chi connectivity index (χ2v) is 5.91. The fraction of sp³-hybridized carbons (Fsp3) is 0.100. The van der Waals surface area contributed by atoms with Crippen LogP contribution in [0.2, 0.25) is 0 Å². The zero-order valence-corrected chi connectivity index (χ0v) is 14.4. The zero-order valence-electron chi connectivity index (χ0n) is 14.4. The van der Waals surface area contributed by atoms with Crippen LogP contribution in [0.15, 0.2) is 58.4 Å². The van der Waals surface area contributed by atoms with Gasteiger partial charge < -0.3 is 0 Å². The monoisotopic (exact) mass is 343 g/mol. The van der Waals surface area contributed by atoms with Gasteiger partial charge in [0, 0.05) is 5.56 Å². The van der Waals surface area contributed by atoms with Gasteiger partial charge >= 0.3 is 0 Å². The van der Waals surface area contributed by atoms with Crippen LogP contribution in [0.5, 0.6) is 0 Å². The third-order valence-corrected chi connectivity index (χ3v) is 3.71. The van der Waals surface area contributed by atoms with Crippen molar-refractivity contribution >= 4 is 12.2 Å². The van der Waals surface area contributed by atoms with Gasteiger partial charge in [0.25, 0.3) is 5.56 Å². The number of aryl methyl sites for hydroxylation is 2. The number of hydrazone groups is 1. The minimum absolute atomic E-state index is 0.0277. The topological polar surface area (TPSA) is 93.9 Å². The van der Waals surface area contributed by atoms with Crippen molar-refractivity contribution in [2.24, 2.45) is 5.10 Å².